The van der Waals surface area contributed by atoms with Crippen LogP contribution in [0.5, 0.6) is 0 Å². The predicted octanol–water partition coefficient (Wildman–Crippen LogP) is 3.68. The van der Waals surface area contributed by atoms with E-state index in [0.29, 0.717) is 10.7 Å². The van der Waals surface area contributed by atoms with E-state index < -0.39 is 29.2 Å². The number of nitrogens with zero attached hydrogens (tertiary/aromatic N) is 2. The van der Waals surface area contributed by atoms with Gasteiger partial charge in [-0.05, 0) is 30.3 Å². The van der Waals surface area contributed by atoms with E-state index in [1.54, 1.807) is 0 Å². The minimum atomic E-state index is -0.744. The predicted molar refractivity (Wildman–Crippen MR) is 105 cm³/mol. The number of esters is 1. The molecule has 0 saturated carbocycles. The fourth-order valence-corrected chi connectivity index (χ4v) is 3.43. The standard InChI is InChI=1S/C19H14Cl2N2O6/c20-12-1-6-15(16(21)8-12)17(24)10-29-19(26)11-7-18(25)22(9-11)13-2-4-14(5-3-13)23(27)28/h1-6,8,11H,7,9-10H2/t11-/m0/s1. The molecular formula is C19H14Cl2N2O6. The molecule has 1 heterocycles. The molecule has 1 saturated heterocycles. The van der Waals surface area contributed by atoms with Crippen LogP contribution in [0.2, 0.25) is 10.0 Å². The van der Waals surface area contributed by atoms with Crippen LogP contribution in [0.25, 0.3) is 0 Å². The first-order chi connectivity index (χ1) is 13.8. The summed E-state index contributed by atoms with van der Waals surface area (Å²) >= 11 is 11.8. The monoisotopic (exact) mass is 436 g/mol. The van der Waals surface area contributed by atoms with Crippen LogP contribution in [0.1, 0.15) is 16.8 Å². The molecule has 1 aliphatic heterocycles. The molecule has 0 spiro atoms. The lowest BCUT2D eigenvalue weighted by Crippen LogP contribution is -2.27. The fraction of sp³-hybridized carbons (Fsp3) is 0.211. The van der Waals surface area contributed by atoms with Gasteiger partial charge in [0.05, 0.1) is 15.9 Å². The number of rotatable bonds is 6. The Morgan fingerprint density at radius 3 is 2.48 bits per heavy atom. The second-order valence-corrected chi connectivity index (χ2v) is 7.18. The molecule has 1 fully saturated rings. The van der Waals surface area contributed by atoms with Gasteiger partial charge >= 0.3 is 5.97 Å². The van der Waals surface area contributed by atoms with Crippen LogP contribution >= 0.6 is 23.2 Å². The van der Waals surface area contributed by atoms with Gasteiger partial charge in [-0.2, -0.15) is 0 Å². The number of carbonyl (C=O) groups is 3. The zero-order chi connectivity index (χ0) is 21.1. The summed E-state index contributed by atoms with van der Waals surface area (Å²) in [5, 5.41) is 11.3. The van der Waals surface area contributed by atoms with Gasteiger partial charge < -0.3 is 9.64 Å². The van der Waals surface area contributed by atoms with Crippen molar-refractivity contribution in [2.75, 3.05) is 18.1 Å². The average molecular weight is 437 g/mol. The third-order valence-corrected chi connectivity index (χ3v) is 4.96. The Labute approximate surface area is 175 Å². The number of benzene rings is 2. The van der Waals surface area contributed by atoms with Gasteiger partial charge in [0, 0.05) is 41.4 Å². The van der Waals surface area contributed by atoms with Crippen LogP contribution < -0.4 is 4.90 Å². The fourth-order valence-electron chi connectivity index (χ4n) is 2.92. The molecule has 150 valence electrons. The Morgan fingerprint density at radius 1 is 1.17 bits per heavy atom. The third kappa shape index (κ3) is 4.72. The molecule has 2 aromatic carbocycles. The maximum absolute atomic E-state index is 12.3. The minimum Gasteiger partial charge on any atom is -0.457 e. The molecule has 0 aromatic heterocycles. The van der Waals surface area contributed by atoms with E-state index in [0.717, 1.165) is 0 Å². The second kappa shape index (κ2) is 8.59. The van der Waals surface area contributed by atoms with Crippen molar-refractivity contribution in [3.05, 3.63) is 68.2 Å². The van der Waals surface area contributed by atoms with Crippen LogP contribution in [0.15, 0.2) is 42.5 Å². The maximum atomic E-state index is 12.3. The molecule has 1 atom stereocenters. The molecule has 10 heteroatoms. The van der Waals surface area contributed by atoms with Gasteiger partial charge in [-0.15, -0.1) is 0 Å². The molecule has 2 aromatic rings. The van der Waals surface area contributed by atoms with Gasteiger partial charge in [0.15, 0.2) is 6.61 Å². The lowest BCUT2D eigenvalue weighted by molar-refractivity contribution is -0.384. The van der Waals surface area contributed by atoms with Crippen LogP contribution in [0, 0.1) is 16.0 Å². The van der Waals surface area contributed by atoms with Crippen molar-refractivity contribution in [3.8, 4) is 0 Å². The van der Waals surface area contributed by atoms with Crippen molar-refractivity contribution in [2.24, 2.45) is 5.92 Å². The number of nitro groups is 1. The summed E-state index contributed by atoms with van der Waals surface area (Å²) in [6, 6.07) is 9.80. The number of Topliss-reactive ketones (excluding diaryl/α,β-unsaturated/α-hetero) is 1. The molecule has 0 aliphatic carbocycles. The number of hydrogen-bond acceptors (Lipinski definition) is 6. The number of halogens is 2. The molecule has 29 heavy (non-hydrogen) atoms. The quantitative estimate of drug-likeness (QED) is 0.295. The highest BCUT2D eigenvalue weighted by Crippen LogP contribution is 2.28. The van der Waals surface area contributed by atoms with E-state index in [1.807, 2.05) is 0 Å². The lowest BCUT2D eigenvalue weighted by atomic mass is 10.1. The molecule has 1 aliphatic rings. The maximum Gasteiger partial charge on any atom is 0.311 e. The lowest BCUT2D eigenvalue weighted by Gasteiger charge is -2.16. The zero-order valence-corrected chi connectivity index (χ0v) is 16.4. The number of non-ortho nitro benzene ring substituents is 1. The van der Waals surface area contributed by atoms with Crippen LogP contribution in [0.4, 0.5) is 11.4 Å². The number of anilines is 1. The number of hydrogen-bond donors (Lipinski definition) is 0. The summed E-state index contributed by atoms with van der Waals surface area (Å²) < 4.78 is 5.06. The largest absolute Gasteiger partial charge is 0.457 e. The smallest absolute Gasteiger partial charge is 0.311 e. The Hall–Kier alpha value is -2.97. The van der Waals surface area contributed by atoms with Crippen molar-refractivity contribution < 1.29 is 24.0 Å². The normalized spacial score (nSPS) is 16.0. The molecule has 3 rings (SSSR count). The second-order valence-electron chi connectivity index (χ2n) is 6.33. The van der Waals surface area contributed by atoms with Gasteiger partial charge in [-0.3, -0.25) is 24.5 Å². The van der Waals surface area contributed by atoms with E-state index in [2.05, 4.69) is 0 Å². The number of carbonyl (C=O) groups excluding carboxylic acids is 3. The number of ether oxygens (including phenoxy) is 1. The SMILES string of the molecule is O=C(COC(=O)[C@H]1CC(=O)N(c2ccc([N+](=O)[O-])cc2)C1)c1ccc(Cl)cc1Cl. The summed E-state index contributed by atoms with van der Waals surface area (Å²) in [5.74, 6) is -2.23. The van der Waals surface area contributed by atoms with Gasteiger partial charge in [0.25, 0.3) is 5.69 Å². The van der Waals surface area contributed by atoms with Gasteiger partial charge in [0.2, 0.25) is 11.7 Å². The Bertz CT molecular complexity index is 993. The van der Waals surface area contributed by atoms with Crippen molar-refractivity contribution in [1.29, 1.82) is 0 Å². The third-order valence-electron chi connectivity index (χ3n) is 4.41. The van der Waals surface area contributed by atoms with E-state index in [9.17, 15) is 24.5 Å². The van der Waals surface area contributed by atoms with E-state index in [1.165, 1.54) is 47.4 Å². The summed E-state index contributed by atoms with van der Waals surface area (Å²) in [4.78, 5) is 48.3. The summed E-state index contributed by atoms with van der Waals surface area (Å²) in [6.45, 7) is -0.451. The molecule has 0 unspecified atom stereocenters. The Kier molecular flexibility index (Phi) is 6.14. The van der Waals surface area contributed by atoms with Gasteiger partial charge in [0.1, 0.15) is 0 Å². The first-order valence-corrected chi connectivity index (χ1v) is 9.21. The van der Waals surface area contributed by atoms with Crippen molar-refractivity contribution in [3.63, 3.8) is 0 Å². The Balaban J connectivity index is 1.60. The number of ketones is 1. The van der Waals surface area contributed by atoms with Gasteiger partial charge in [-0.1, -0.05) is 23.2 Å². The van der Waals surface area contributed by atoms with Crippen LogP contribution in [-0.4, -0.2) is 35.7 Å². The van der Waals surface area contributed by atoms with Crippen molar-refractivity contribution in [1.82, 2.24) is 0 Å². The van der Waals surface area contributed by atoms with Crippen LogP contribution in [-0.2, 0) is 14.3 Å². The highest BCUT2D eigenvalue weighted by atomic mass is 35.5. The van der Waals surface area contributed by atoms with E-state index in [4.69, 9.17) is 27.9 Å². The summed E-state index contributed by atoms with van der Waals surface area (Å²) in [5.41, 5.74) is 0.523. The van der Waals surface area contributed by atoms with Crippen molar-refractivity contribution >= 4 is 52.2 Å². The van der Waals surface area contributed by atoms with Crippen molar-refractivity contribution in [2.45, 2.75) is 6.42 Å². The number of amides is 1. The molecular weight excluding hydrogens is 423 g/mol. The number of nitro benzene ring substituents is 1. The highest BCUT2D eigenvalue weighted by molar-refractivity contribution is 6.36. The Morgan fingerprint density at radius 2 is 1.86 bits per heavy atom. The molecule has 0 bridgehead atoms. The first kappa shape index (κ1) is 20.8. The van der Waals surface area contributed by atoms with Gasteiger partial charge in [-0.25, -0.2) is 0 Å². The molecule has 0 radical (unpaired) electrons. The molecule has 0 N–H and O–H groups in total. The topological polar surface area (TPSA) is 107 Å². The van der Waals surface area contributed by atoms with E-state index in [-0.39, 0.29) is 35.1 Å². The molecule has 8 nitrogen and oxygen atoms in total. The zero-order valence-electron chi connectivity index (χ0n) is 14.8. The summed E-state index contributed by atoms with van der Waals surface area (Å²) in [6.07, 6.45) is -0.0777. The highest BCUT2D eigenvalue weighted by Gasteiger charge is 2.36. The average Bonchev–Trinajstić information content (AvgIpc) is 3.07. The van der Waals surface area contributed by atoms with Crippen LogP contribution in [0.3, 0.4) is 0 Å². The minimum absolute atomic E-state index is 0.0609. The molecule has 1 amide bonds. The first-order valence-electron chi connectivity index (χ1n) is 8.46. The van der Waals surface area contributed by atoms with E-state index >= 15 is 0 Å². The summed E-state index contributed by atoms with van der Waals surface area (Å²) in [7, 11) is 0.